The van der Waals surface area contributed by atoms with Crippen LogP contribution in [0.4, 0.5) is 11.6 Å². The SMILES string of the molecule is Cc1cc(C(=O)Nc2ccccc2OC(C)C)nc(NCCCN(C)C)n1. The van der Waals surface area contributed by atoms with Gasteiger partial charge in [0.25, 0.3) is 5.91 Å². The number of hydrogen-bond donors (Lipinski definition) is 2. The fraction of sp³-hybridized carbons (Fsp3) is 0.450. The molecule has 1 aromatic heterocycles. The quantitative estimate of drug-likeness (QED) is 0.659. The molecule has 7 heteroatoms. The highest BCUT2D eigenvalue weighted by Crippen LogP contribution is 2.25. The zero-order valence-electron chi connectivity index (χ0n) is 16.7. The molecule has 27 heavy (non-hydrogen) atoms. The molecule has 0 aliphatic carbocycles. The van der Waals surface area contributed by atoms with Crippen LogP contribution in [0, 0.1) is 6.92 Å². The van der Waals surface area contributed by atoms with Crippen molar-refractivity contribution in [2.75, 3.05) is 37.8 Å². The van der Waals surface area contributed by atoms with E-state index in [0.29, 0.717) is 23.1 Å². The van der Waals surface area contributed by atoms with Gasteiger partial charge in [-0.2, -0.15) is 0 Å². The molecule has 2 aromatic rings. The van der Waals surface area contributed by atoms with E-state index in [9.17, 15) is 4.79 Å². The van der Waals surface area contributed by atoms with Crippen LogP contribution in [0.5, 0.6) is 5.75 Å². The molecule has 0 saturated heterocycles. The lowest BCUT2D eigenvalue weighted by atomic mass is 10.2. The van der Waals surface area contributed by atoms with Gasteiger partial charge >= 0.3 is 0 Å². The van der Waals surface area contributed by atoms with Crippen LogP contribution in [0.2, 0.25) is 0 Å². The lowest BCUT2D eigenvalue weighted by Gasteiger charge is -2.15. The number of amides is 1. The Kier molecular flexibility index (Phi) is 7.55. The molecule has 146 valence electrons. The van der Waals surface area contributed by atoms with Gasteiger partial charge in [0, 0.05) is 12.2 Å². The second-order valence-electron chi connectivity index (χ2n) is 6.92. The molecule has 0 spiro atoms. The molecule has 0 aliphatic rings. The summed E-state index contributed by atoms with van der Waals surface area (Å²) >= 11 is 0. The van der Waals surface area contributed by atoms with E-state index >= 15 is 0 Å². The minimum absolute atomic E-state index is 0.0160. The molecule has 2 N–H and O–H groups in total. The number of nitrogens with zero attached hydrogens (tertiary/aromatic N) is 3. The number of anilines is 2. The van der Waals surface area contributed by atoms with Gasteiger partial charge in [-0.25, -0.2) is 9.97 Å². The van der Waals surface area contributed by atoms with Crippen LogP contribution in [0.3, 0.4) is 0 Å². The van der Waals surface area contributed by atoms with Gasteiger partial charge in [0.05, 0.1) is 11.8 Å². The summed E-state index contributed by atoms with van der Waals surface area (Å²) in [7, 11) is 4.07. The van der Waals surface area contributed by atoms with Crippen LogP contribution >= 0.6 is 0 Å². The molecule has 0 radical (unpaired) electrons. The minimum atomic E-state index is -0.295. The van der Waals surface area contributed by atoms with Crippen molar-refractivity contribution in [3.8, 4) is 5.75 Å². The van der Waals surface area contributed by atoms with Crippen molar-refractivity contribution in [1.29, 1.82) is 0 Å². The number of benzene rings is 1. The predicted molar refractivity (Wildman–Crippen MR) is 109 cm³/mol. The Morgan fingerprint density at radius 3 is 2.67 bits per heavy atom. The minimum Gasteiger partial charge on any atom is -0.489 e. The average Bonchev–Trinajstić information content (AvgIpc) is 2.59. The van der Waals surface area contributed by atoms with Crippen molar-refractivity contribution < 1.29 is 9.53 Å². The number of para-hydroxylation sites is 2. The molecule has 0 fully saturated rings. The largest absolute Gasteiger partial charge is 0.489 e. The third-order valence-electron chi connectivity index (χ3n) is 3.65. The third kappa shape index (κ3) is 6.86. The second kappa shape index (κ2) is 9.87. The summed E-state index contributed by atoms with van der Waals surface area (Å²) < 4.78 is 5.75. The van der Waals surface area contributed by atoms with E-state index in [4.69, 9.17) is 4.74 Å². The second-order valence-corrected chi connectivity index (χ2v) is 6.92. The molecule has 7 nitrogen and oxygen atoms in total. The Hall–Kier alpha value is -2.67. The first-order valence-electron chi connectivity index (χ1n) is 9.16. The van der Waals surface area contributed by atoms with Crippen molar-refractivity contribution in [2.24, 2.45) is 0 Å². The van der Waals surface area contributed by atoms with Gasteiger partial charge in [-0.05, 0) is 66.0 Å². The van der Waals surface area contributed by atoms with E-state index in [1.165, 1.54) is 0 Å². The van der Waals surface area contributed by atoms with Crippen molar-refractivity contribution in [2.45, 2.75) is 33.3 Å². The molecule has 0 unspecified atom stereocenters. The molecule has 0 bridgehead atoms. The molecule has 0 aliphatic heterocycles. The van der Waals surface area contributed by atoms with E-state index in [1.54, 1.807) is 6.07 Å². The first-order valence-corrected chi connectivity index (χ1v) is 9.16. The topological polar surface area (TPSA) is 79.4 Å². The molecular weight excluding hydrogens is 342 g/mol. The lowest BCUT2D eigenvalue weighted by Crippen LogP contribution is -2.19. The average molecular weight is 371 g/mol. The van der Waals surface area contributed by atoms with E-state index in [0.717, 1.165) is 25.2 Å². The standard InChI is InChI=1S/C20H29N5O2/c1-14(2)27-18-10-7-6-9-16(18)23-19(26)17-13-15(3)22-20(24-17)21-11-8-12-25(4)5/h6-7,9-10,13-14H,8,11-12H2,1-5H3,(H,23,26)(H,21,22,24). The Morgan fingerprint density at radius 1 is 1.22 bits per heavy atom. The van der Waals surface area contributed by atoms with Gasteiger partial charge in [-0.15, -0.1) is 0 Å². The maximum absolute atomic E-state index is 12.7. The van der Waals surface area contributed by atoms with Crippen molar-refractivity contribution >= 4 is 17.5 Å². The Bertz CT molecular complexity index is 762. The van der Waals surface area contributed by atoms with E-state index in [2.05, 4.69) is 25.5 Å². The summed E-state index contributed by atoms with van der Waals surface area (Å²) in [4.78, 5) is 23.5. The van der Waals surface area contributed by atoms with Crippen LogP contribution in [-0.2, 0) is 0 Å². The number of hydrogen-bond acceptors (Lipinski definition) is 6. The maximum atomic E-state index is 12.7. The van der Waals surface area contributed by atoms with Gasteiger partial charge in [0.1, 0.15) is 11.4 Å². The Labute approximate surface area is 161 Å². The van der Waals surface area contributed by atoms with Gasteiger partial charge in [0.2, 0.25) is 5.95 Å². The number of ether oxygens (including phenoxy) is 1. The predicted octanol–water partition coefficient (Wildman–Crippen LogP) is 3.19. The van der Waals surface area contributed by atoms with Crippen LogP contribution in [-0.4, -0.2) is 54.1 Å². The number of carbonyl (C=O) groups excluding carboxylic acids is 1. The molecule has 0 atom stereocenters. The number of carbonyl (C=O) groups is 1. The van der Waals surface area contributed by atoms with E-state index < -0.39 is 0 Å². The van der Waals surface area contributed by atoms with Crippen molar-refractivity contribution in [3.63, 3.8) is 0 Å². The van der Waals surface area contributed by atoms with Crippen molar-refractivity contribution in [3.05, 3.63) is 41.7 Å². The first kappa shape index (κ1) is 20.6. The summed E-state index contributed by atoms with van der Waals surface area (Å²) in [5.41, 5.74) is 1.67. The maximum Gasteiger partial charge on any atom is 0.274 e. The molecule has 1 heterocycles. The van der Waals surface area contributed by atoms with Crippen LogP contribution in [0.25, 0.3) is 0 Å². The van der Waals surface area contributed by atoms with Crippen LogP contribution in [0.1, 0.15) is 36.5 Å². The number of rotatable bonds is 9. The summed E-state index contributed by atoms with van der Waals surface area (Å²) in [6, 6.07) is 9.04. The number of aromatic nitrogens is 2. The Morgan fingerprint density at radius 2 is 1.96 bits per heavy atom. The summed E-state index contributed by atoms with van der Waals surface area (Å²) in [6.45, 7) is 7.45. The van der Waals surface area contributed by atoms with Gasteiger partial charge in [-0.1, -0.05) is 12.1 Å². The van der Waals surface area contributed by atoms with Crippen molar-refractivity contribution in [1.82, 2.24) is 14.9 Å². The fourth-order valence-corrected chi connectivity index (χ4v) is 2.47. The molecular formula is C20H29N5O2. The monoisotopic (exact) mass is 371 g/mol. The zero-order valence-corrected chi connectivity index (χ0v) is 16.7. The Balaban J connectivity index is 2.08. The third-order valence-corrected chi connectivity index (χ3v) is 3.65. The molecule has 1 aromatic carbocycles. The van der Waals surface area contributed by atoms with Crippen LogP contribution in [0.15, 0.2) is 30.3 Å². The highest BCUT2D eigenvalue weighted by atomic mass is 16.5. The smallest absolute Gasteiger partial charge is 0.274 e. The highest BCUT2D eigenvalue weighted by molar-refractivity contribution is 6.03. The summed E-state index contributed by atoms with van der Waals surface area (Å²) in [6.07, 6.45) is 0.980. The number of nitrogens with one attached hydrogen (secondary N) is 2. The van der Waals surface area contributed by atoms with Crippen LogP contribution < -0.4 is 15.4 Å². The number of aryl methyl sites for hydroxylation is 1. The summed E-state index contributed by atoms with van der Waals surface area (Å²) in [5.74, 6) is 0.802. The van der Waals surface area contributed by atoms with E-state index in [1.807, 2.05) is 59.1 Å². The molecule has 2 rings (SSSR count). The van der Waals surface area contributed by atoms with Gasteiger partial charge in [-0.3, -0.25) is 4.79 Å². The lowest BCUT2D eigenvalue weighted by molar-refractivity contribution is 0.102. The molecule has 0 saturated carbocycles. The summed E-state index contributed by atoms with van der Waals surface area (Å²) in [5, 5.41) is 6.06. The first-order chi connectivity index (χ1) is 12.8. The normalized spacial score (nSPS) is 10.9. The van der Waals surface area contributed by atoms with E-state index in [-0.39, 0.29) is 12.0 Å². The zero-order chi connectivity index (χ0) is 19.8. The molecule has 1 amide bonds. The van der Waals surface area contributed by atoms with Gasteiger partial charge < -0.3 is 20.3 Å². The van der Waals surface area contributed by atoms with Gasteiger partial charge in [0.15, 0.2) is 0 Å². The fourth-order valence-electron chi connectivity index (χ4n) is 2.47. The highest BCUT2D eigenvalue weighted by Gasteiger charge is 2.14.